The van der Waals surface area contributed by atoms with Gasteiger partial charge in [-0.1, -0.05) is 0 Å². The van der Waals surface area contributed by atoms with E-state index in [2.05, 4.69) is 5.32 Å². The number of alkyl halides is 1. The van der Waals surface area contributed by atoms with Crippen molar-refractivity contribution >= 4 is 23.2 Å². The molecule has 7 heteroatoms. The number of nitrogens with zero attached hydrogens (tertiary/aromatic N) is 1. The highest BCUT2D eigenvalue weighted by Gasteiger charge is 2.17. The van der Waals surface area contributed by atoms with E-state index >= 15 is 0 Å². The number of carbonyl (C=O) groups excluding carboxylic acids is 1. The van der Waals surface area contributed by atoms with Crippen LogP contribution in [0.1, 0.15) is 17.3 Å². The second-order valence-corrected chi connectivity index (χ2v) is 3.98. The number of benzene rings is 1. The van der Waals surface area contributed by atoms with Crippen molar-refractivity contribution < 1.29 is 14.5 Å². The van der Waals surface area contributed by atoms with Crippen LogP contribution < -0.4 is 10.1 Å². The third-order valence-corrected chi connectivity index (χ3v) is 2.71. The van der Waals surface area contributed by atoms with Crippen LogP contribution in [0, 0.1) is 10.1 Å². The zero-order valence-corrected chi connectivity index (χ0v) is 10.7. The zero-order chi connectivity index (χ0) is 13.7. The van der Waals surface area contributed by atoms with Crippen molar-refractivity contribution in [3.63, 3.8) is 0 Å². The summed E-state index contributed by atoms with van der Waals surface area (Å²) in [6, 6.07) is 3.62. The van der Waals surface area contributed by atoms with Crippen molar-refractivity contribution in [1.82, 2.24) is 5.32 Å². The highest BCUT2D eigenvalue weighted by Crippen LogP contribution is 2.24. The van der Waals surface area contributed by atoms with E-state index in [0.717, 1.165) is 0 Å². The number of nitro groups is 1. The van der Waals surface area contributed by atoms with Crippen molar-refractivity contribution in [2.45, 2.75) is 13.0 Å². The molecule has 1 aromatic rings. The Morgan fingerprint density at radius 1 is 1.61 bits per heavy atom. The number of halogens is 1. The first-order valence-corrected chi connectivity index (χ1v) is 5.72. The Labute approximate surface area is 109 Å². The third kappa shape index (κ3) is 3.33. The molecular formula is C11H13ClN2O4. The molecule has 1 rings (SSSR count). The summed E-state index contributed by atoms with van der Waals surface area (Å²) in [5.74, 6) is 0.0551. The molecule has 0 aliphatic carbocycles. The Morgan fingerprint density at radius 3 is 2.78 bits per heavy atom. The molecule has 0 aromatic heterocycles. The lowest BCUT2D eigenvalue weighted by atomic mass is 10.1. The first-order valence-electron chi connectivity index (χ1n) is 5.18. The van der Waals surface area contributed by atoms with E-state index in [-0.39, 0.29) is 34.8 Å². The van der Waals surface area contributed by atoms with E-state index in [1.54, 1.807) is 6.92 Å². The second-order valence-electron chi connectivity index (χ2n) is 3.67. The van der Waals surface area contributed by atoms with Gasteiger partial charge in [-0.25, -0.2) is 0 Å². The highest BCUT2D eigenvalue weighted by molar-refractivity contribution is 6.18. The maximum atomic E-state index is 11.9. The molecule has 1 aromatic carbocycles. The van der Waals surface area contributed by atoms with Crippen LogP contribution in [0.25, 0.3) is 0 Å². The molecule has 1 unspecified atom stereocenters. The Morgan fingerprint density at radius 2 is 2.28 bits per heavy atom. The molecule has 0 heterocycles. The molecule has 0 aliphatic heterocycles. The number of amides is 1. The van der Waals surface area contributed by atoms with E-state index in [0.29, 0.717) is 0 Å². The van der Waals surface area contributed by atoms with E-state index in [4.69, 9.17) is 16.3 Å². The van der Waals surface area contributed by atoms with E-state index in [1.807, 2.05) is 0 Å². The minimum atomic E-state index is -0.550. The van der Waals surface area contributed by atoms with Gasteiger partial charge in [-0.05, 0) is 13.0 Å². The van der Waals surface area contributed by atoms with Crippen LogP contribution in [-0.2, 0) is 0 Å². The van der Waals surface area contributed by atoms with E-state index in [9.17, 15) is 14.9 Å². The SMILES string of the molecule is COc1cc([N+](=O)[O-])ccc1C(=O)NC(C)CCl. The summed E-state index contributed by atoms with van der Waals surface area (Å²) in [6.45, 7) is 1.75. The van der Waals surface area contributed by atoms with Gasteiger partial charge in [0.25, 0.3) is 11.6 Å². The molecule has 0 radical (unpaired) electrons. The molecule has 18 heavy (non-hydrogen) atoms. The quantitative estimate of drug-likeness (QED) is 0.505. The van der Waals surface area contributed by atoms with Gasteiger partial charge >= 0.3 is 0 Å². The lowest BCUT2D eigenvalue weighted by molar-refractivity contribution is -0.384. The largest absolute Gasteiger partial charge is 0.496 e. The normalized spacial score (nSPS) is 11.7. The van der Waals surface area contributed by atoms with Crippen molar-refractivity contribution in [3.05, 3.63) is 33.9 Å². The maximum Gasteiger partial charge on any atom is 0.273 e. The summed E-state index contributed by atoms with van der Waals surface area (Å²) < 4.78 is 4.97. The highest BCUT2D eigenvalue weighted by atomic mass is 35.5. The topological polar surface area (TPSA) is 81.5 Å². The molecule has 1 N–H and O–H groups in total. The molecule has 0 saturated heterocycles. The molecule has 0 fully saturated rings. The first-order chi connectivity index (χ1) is 8.49. The fourth-order valence-corrected chi connectivity index (χ4v) is 1.40. The van der Waals surface area contributed by atoms with Gasteiger partial charge in [-0.3, -0.25) is 14.9 Å². The van der Waals surface area contributed by atoms with Crippen molar-refractivity contribution in [2.24, 2.45) is 0 Å². The summed E-state index contributed by atoms with van der Waals surface area (Å²) in [7, 11) is 1.35. The number of rotatable bonds is 5. The Hall–Kier alpha value is -1.82. The third-order valence-electron chi connectivity index (χ3n) is 2.25. The first kappa shape index (κ1) is 14.2. The fraction of sp³-hybridized carbons (Fsp3) is 0.364. The Bertz CT molecular complexity index is 464. The van der Waals surface area contributed by atoms with Crippen molar-refractivity contribution in [3.8, 4) is 5.75 Å². The van der Waals surface area contributed by atoms with Crippen LogP contribution >= 0.6 is 11.6 Å². The molecule has 0 saturated carbocycles. The van der Waals surface area contributed by atoms with Crippen LogP contribution in [-0.4, -0.2) is 29.9 Å². The predicted molar refractivity (Wildman–Crippen MR) is 67.3 cm³/mol. The average molecular weight is 273 g/mol. The van der Waals surface area contributed by atoms with Crippen LogP contribution in [0.5, 0.6) is 5.75 Å². The van der Waals surface area contributed by atoms with Gasteiger partial charge in [0.2, 0.25) is 0 Å². The number of non-ortho nitro benzene ring substituents is 1. The number of methoxy groups -OCH3 is 1. The summed E-state index contributed by atoms with van der Waals surface area (Å²) in [4.78, 5) is 21.9. The monoisotopic (exact) mass is 272 g/mol. The summed E-state index contributed by atoms with van der Waals surface area (Å²) >= 11 is 5.59. The standard InChI is InChI=1S/C11H13ClN2O4/c1-7(6-12)13-11(15)9-4-3-8(14(16)17)5-10(9)18-2/h3-5,7H,6H2,1-2H3,(H,13,15). The molecule has 0 spiro atoms. The number of hydrogen-bond donors (Lipinski definition) is 1. The van der Waals surface area contributed by atoms with Gasteiger partial charge in [0.1, 0.15) is 5.75 Å². The van der Waals surface area contributed by atoms with Crippen molar-refractivity contribution in [2.75, 3.05) is 13.0 Å². The van der Waals surface area contributed by atoms with Crippen LogP contribution in [0.15, 0.2) is 18.2 Å². The Kier molecular flexibility index (Phi) is 4.91. The van der Waals surface area contributed by atoms with Crippen LogP contribution in [0.2, 0.25) is 0 Å². The summed E-state index contributed by atoms with van der Waals surface area (Å²) in [5.41, 5.74) is 0.105. The second kappa shape index (κ2) is 6.20. The fourth-order valence-electron chi connectivity index (χ4n) is 1.32. The maximum absolute atomic E-state index is 11.9. The zero-order valence-electron chi connectivity index (χ0n) is 9.97. The molecule has 0 bridgehead atoms. The van der Waals surface area contributed by atoms with Crippen LogP contribution in [0.3, 0.4) is 0 Å². The smallest absolute Gasteiger partial charge is 0.273 e. The molecular weight excluding hydrogens is 260 g/mol. The number of carbonyl (C=O) groups is 1. The van der Waals surface area contributed by atoms with Gasteiger partial charge in [-0.2, -0.15) is 0 Å². The minimum Gasteiger partial charge on any atom is -0.496 e. The number of nitrogens with one attached hydrogen (secondary N) is 1. The average Bonchev–Trinajstić information content (AvgIpc) is 2.37. The van der Waals surface area contributed by atoms with Crippen molar-refractivity contribution in [1.29, 1.82) is 0 Å². The predicted octanol–water partition coefficient (Wildman–Crippen LogP) is 1.96. The molecule has 6 nitrogen and oxygen atoms in total. The lowest BCUT2D eigenvalue weighted by Crippen LogP contribution is -2.33. The minimum absolute atomic E-state index is 0.131. The number of ether oxygens (including phenoxy) is 1. The molecule has 98 valence electrons. The van der Waals surface area contributed by atoms with Crippen LogP contribution in [0.4, 0.5) is 5.69 Å². The summed E-state index contributed by atoms with van der Waals surface area (Å²) in [5, 5.41) is 13.3. The molecule has 0 aliphatic rings. The lowest BCUT2D eigenvalue weighted by Gasteiger charge is -2.12. The molecule has 1 amide bonds. The van der Waals surface area contributed by atoms with Gasteiger partial charge in [0, 0.05) is 18.0 Å². The van der Waals surface area contributed by atoms with Gasteiger partial charge in [0.15, 0.2) is 0 Å². The molecule has 1 atom stereocenters. The van der Waals surface area contributed by atoms with E-state index < -0.39 is 4.92 Å². The van der Waals surface area contributed by atoms with Gasteiger partial charge < -0.3 is 10.1 Å². The van der Waals surface area contributed by atoms with Gasteiger partial charge in [-0.15, -0.1) is 11.6 Å². The number of hydrogen-bond acceptors (Lipinski definition) is 4. The number of nitro benzene ring substituents is 1. The van der Waals surface area contributed by atoms with E-state index in [1.165, 1.54) is 25.3 Å². The summed E-state index contributed by atoms with van der Waals surface area (Å²) in [6.07, 6.45) is 0. The van der Waals surface area contributed by atoms with Gasteiger partial charge in [0.05, 0.1) is 23.7 Å². The Balaban J connectivity index is 3.02.